The van der Waals surface area contributed by atoms with E-state index < -0.39 is 13.0 Å². The number of anilines is 1. The summed E-state index contributed by atoms with van der Waals surface area (Å²) in [5.41, 5.74) is 0.492. The molecule has 0 atom stereocenters. The SMILES string of the molecule is N#Cc1ccnc(NCCOCC(F)F)c1. The smallest absolute Gasteiger partial charge is 0.261 e. The van der Waals surface area contributed by atoms with Crippen molar-refractivity contribution in [3.8, 4) is 6.07 Å². The van der Waals surface area contributed by atoms with Crippen LogP contribution in [-0.4, -0.2) is 31.2 Å². The highest BCUT2D eigenvalue weighted by Crippen LogP contribution is 2.04. The van der Waals surface area contributed by atoms with Gasteiger partial charge in [0.25, 0.3) is 6.43 Å². The van der Waals surface area contributed by atoms with Crippen LogP contribution in [0.2, 0.25) is 0 Å². The third-order valence-electron chi connectivity index (χ3n) is 1.69. The molecule has 1 rings (SSSR count). The van der Waals surface area contributed by atoms with E-state index in [4.69, 9.17) is 5.26 Å². The summed E-state index contributed by atoms with van der Waals surface area (Å²) in [7, 11) is 0. The molecule has 0 fully saturated rings. The molecule has 0 amide bonds. The van der Waals surface area contributed by atoms with Gasteiger partial charge in [0, 0.05) is 12.7 Å². The Morgan fingerprint density at radius 2 is 2.38 bits per heavy atom. The molecule has 1 heterocycles. The zero-order valence-electron chi connectivity index (χ0n) is 8.49. The Bertz CT molecular complexity index is 365. The molecule has 0 aliphatic rings. The Kier molecular flexibility index (Phi) is 5.16. The number of alkyl halides is 2. The minimum absolute atomic E-state index is 0.169. The van der Waals surface area contributed by atoms with E-state index in [1.54, 1.807) is 12.1 Å². The molecule has 0 radical (unpaired) electrons. The molecule has 0 saturated carbocycles. The third kappa shape index (κ3) is 4.66. The summed E-state index contributed by atoms with van der Waals surface area (Å²) < 4.78 is 28.0. The number of rotatable bonds is 6. The Hall–Kier alpha value is -1.74. The van der Waals surface area contributed by atoms with Gasteiger partial charge in [-0.25, -0.2) is 13.8 Å². The normalized spacial score (nSPS) is 10.1. The van der Waals surface area contributed by atoms with Crippen molar-refractivity contribution in [2.24, 2.45) is 0 Å². The van der Waals surface area contributed by atoms with Crippen LogP contribution in [-0.2, 0) is 4.74 Å². The molecular weight excluding hydrogens is 216 g/mol. The fraction of sp³-hybridized carbons (Fsp3) is 0.400. The lowest BCUT2D eigenvalue weighted by molar-refractivity contribution is 0.0215. The van der Waals surface area contributed by atoms with Crippen molar-refractivity contribution in [2.45, 2.75) is 6.43 Å². The molecule has 0 saturated heterocycles. The van der Waals surface area contributed by atoms with Crippen LogP contribution >= 0.6 is 0 Å². The molecule has 1 aromatic heterocycles. The van der Waals surface area contributed by atoms with Gasteiger partial charge >= 0.3 is 0 Å². The summed E-state index contributed by atoms with van der Waals surface area (Å²) in [6, 6.07) is 5.13. The minimum atomic E-state index is -2.44. The summed E-state index contributed by atoms with van der Waals surface area (Å²) >= 11 is 0. The van der Waals surface area contributed by atoms with E-state index in [1.807, 2.05) is 6.07 Å². The molecule has 0 aliphatic heterocycles. The Morgan fingerprint density at radius 3 is 3.06 bits per heavy atom. The van der Waals surface area contributed by atoms with E-state index >= 15 is 0 Å². The topological polar surface area (TPSA) is 57.9 Å². The second-order valence-electron chi connectivity index (χ2n) is 2.93. The number of hydrogen-bond acceptors (Lipinski definition) is 4. The van der Waals surface area contributed by atoms with E-state index in [9.17, 15) is 8.78 Å². The van der Waals surface area contributed by atoms with E-state index in [0.29, 0.717) is 17.9 Å². The van der Waals surface area contributed by atoms with E-state index in [0.717, 1.165) is 0 Å². The van der Waals surface area contributed by atoms with Gasteiger partial charge in [-0.1, -0.05) is 0 Å². The summed E-state index contributed by atoms with van der Waals surface area (Å²) in [5, 5.41) is 11.5. The van der Waals surface area contributed by atoms with Crippen LogP contribution in [0, 0.1) is 11.3 Å². The van der Waals surface area contributed by atoms with Gasteiger partial charge in [0.05, 0.1) is 18.2 Å². The highest BCUT2D eigenvalue weighted by molar-refractivity contribution is 5.42. The van der Waals surface area contributed by atoms with Gasteiger partial charge in [-0.15, -0.1) is 0 Å². The highest BCUT2D eigenvalue weighted by atomic mass is 19.3. The van der Waals surface area contributed by atoms with E-state index in [-0.39, 0.29) is 6.61 Å². The molecule has 0 aromatic carbocycles. The van der Waals surface area contributed by atoms with Crippen LogP contribution in [0.25, 0.3) is 0 Å². The van der Waals surface area contributed by atoms with Gasteiger partial charge in [-0.2, -0.15) is 5.26 Å². The Labute approximate surface area is 91.9 Å². The van der Waals surface area contributed by atoms with Crippen molar-refractivity contribution >= 4 is 5.82 Å². The average Bonchev–Trinajstić information content (AvgIpc) is 2.28. The van der Waals surface area contributed by atoms with Crippen LogP contribution in [0.5, 0.6) is 0 Å². The molecule has 0 bridgehead atoms. The molecule has 0 spiro atoms. The summed E-state index contributed by atoms with van der Waals surface area (Å²) in [6.07, 6.45) is -0.944. The van der Waals surface area contributed by atoms with Crippen LogP contribution < -0.4 is 5.32 Å². The predicted molar refractivity (Wildman–Crippen MR) is 54.3 cm³/mol. The number of ether oxygens (including phenoxy) is 1. The van der Waals surface area contributed by atoms with Crippen molar-refractivity contribution in [3.05, 3.63) is 23.9 Å². The number of pyridine rings is 1. The summed E-state index contributed by atoms with van der Waals surface area (Å²) in [6.45, 7) is -0.0231. The zero-order valence-corrected chi connectivity index (χ0v) is 8.49. The third-order valence-corrected chi connectivity index (χ3v) is 1.69. The maximum Gasteiger partial charge on any atom is 0.261 e. The zero-order chi connectivity index (χ0) is 11.8. The number of nitrogens with one attached hydrogen (secondary N) is 1. The Morgan fingerprint density at radius 1 is 1.56 bits per heavy atom. The molecule has 86 valence electrons. The Balaban J connectivity index is 2.24. The first-order valence-corrected chi connectivity index (χ1v) is 4.68. The number of aromatic nitrogens is 1. The fourth-order valence-electron chi connectivity index (χ4n) is 1.02. The van der Waals surface area contributed by atoms with Crippen molar-refractivity contribution in [1.82, 2.24) is 4.98 Å². The van der Waals surface area contributed by atoms with Crippen molar-refractivity contribution in [3.63, 3.8) is 0 Å². The molecule has 16 heavy (non-hydrogen) atoms. The van der Waals surface area contributed by atoms with Crippen LogP contribution in [0.4, 0.5) is 14.6 Å². The number of halogens is 2. The highest BCUT2D eigenvalue weighted by Gasteiger charge is 2.01. The van der Waals surface area contributed by atoms with Crippen LogP contribution in [0.3, 0.4) is 0 Å². The fourth-order valence-corrected chi connectivity index (χ4v) is 1.02. The predicted octanol–water partition coefficient (Wildman–Crippen LogP) is 1.65. The molecule has 1 aromatic rings. The number of nitrogens with zero attached hydrogens (tertiary/aromatic N) is 2. The van der Waals surface area contributed by atoms with E-state index in [1.165, 1.54) is 6.20 Å². The number of hydrogen-bond donors (Lipinski definition) is 1. The van der Waals surface area contributed by atoms with E-state index in [2.05, 4.69) is 15.0 Å². The first-order valence-electron chi connectivity index (χ1n) is 4.68. The first kappa shape index (κ1) is 12.3. The van der Waals surface area contributed by atoms with Gasteiger partial charge in [0.1, 0.15) is 12.4 Å². The molecule has 0 unspecified atom stereocenters. The molecule has 6 heteroatoms. The summed E-state index contributed by atoms with van der Waals surface area (Å²) in [5.74, 6) is 0.527. The van der Waals surface area contributed by atoms with Crippen LogP contribution in [0.15, 0.2) is 18.3 Å². The molecule has 1 N–H and O–H groups in total. The molecular formula is C10H11F2N3O. The molecule has 0 aliphatic carbocycles. The minimum Gasteiger partial charge on any atom is -0.374 e. The standard InChI is InChI=1S/C10H11F2N3O/c11-9(12)7-16-4-3-15-10-5-8(6-13)1-2-14-10/h1-2,5,9H,3-4,7H2,(H,14,15). The first-order chi connectivity index (χ1) is 7.72. The van der Waals surface area contributed by atoms with Gasteiger partial charge in [0.2, 0.25) is 0 Å². The quantitative estimate of drug-likeness (QED) is 0.750. The second kappa shape index (κ2) is 6.69. The lowest BCUT2D eigenvalue weighted by Crippen LogP contribution is -2.13. The average molecular weight is 227 g/mol. The van der Waals surface area contributed by atoms with Crippen molar-refractivity contribution in [1.29, 1.82) is 5.26 Å². The second-order valence-corrected chi connectivity index (χ2v) is 2.93. The number of nitriles is 1. The lowest BCUT2D eigenvalue weighted by atomic mass is 10.3. The maximum absolute atomic E-state index is 11.7. The maximum atomic E-state index is 11.7. The van der Waals surface area contributed by atoms with Gasteiger partial charge < -0.3 is 10.1 Å². The monoisotopic (exact) mass is 227 g/mol. The molecule has 4 nitrogen and oxygen atoms in total. The lowest BCUT2D eigenvalue weighted by Gasteiger charge is -2.06. The van der Waals surface area contributed by atoms with Crippen LogP contribution in [0.1, 0.15) is 5.56 Å². The van der Waals surface area contributed by atoms with Gasteiger partial charge in [-0.3, -0.25) is 0 Å². The van der Waals surface area contributed by atoms with Crippen molar-refractivity contribution in [2.75, 3.05) is 25.1 Å². The van der Waals surface area contributed by atoms with Gasteiger partial charge in [-0.05, 0) is 12.1 Å². The van der Waals surface area contributed by atoms with Gasteiger partial charge in [0.15, 0.2) is 0 Å². The van der Waals surface area contributed by atoms with Crippen molar-refractivity contribution < 1.29 is 13.5 Å². The summed E-state index contributed by atoms with van der Waals surface area (Å²) in [4.78, 5) is 3.95. The largest absolute Gasteiger partial charge is 0.374 e.